The lowest BCUT2D eigenvalue weighted by atomic mass is 10.1. The zero-order valence-corrected chi connectivity index (χ0v) is 17.3. The van der Waals surface area contributed by atoms with E-state index >= 15 is 0 Å². The molecular formula is C21H29ClN2O3. The third kappa shape index (κ3) is 7.97. The van der Waals surface area contributed by atoms with Crippen LogP contribution in [0.3, 0.4) is 0 Å². The SMILES string of the molecule is CCC.CCOCCn1cc(C(=O)NCc2ccc(Cl)cc2C)ccc1=O. The summed E-state index contributed by atoms with van der Waals surface area (Å²) < 4.78 is 6.73. The summed E-state index contributed by atoms with van der Waals surface area (Å²) in [4.78, 5) is 24.1. The number of pyridine rings is 1. The van der Waals surface area contributed by atoms with E-state index in [9.17, 15) is 9.59 Å². The van der Waals surface area contributed by atoms with Crippen LogP contribution in [0.2, 0.25) is 5.02 Å². The van der Waals surface area contributed by atoms with Gasteiger partial charge in [0.05, 0.1) is 12.2 Å². The lowest BCUT2D eigenvalue weighted by Gasteiger charge is -2.10. The van der Waals surface area contributed by atoms with E-state index in [0.29, 0.717) is 36.9 Å². The van der Waals surface area contributed by atoms with Crippen LogP contribution in [0.15, 0.2) is 41.3 Å². The molecule has 0 aliphatic heterocycles. The molecule has 0 aliphatic carbocycles. The molecule has 0 atom stereocenters. The Morgan fingerprint density at radius 2 is 1.89 bits per heavy atom. The fraction of sp³-hybridized carbons (Fsp3) is 0.429. The molecule has 2 rings (SSSR count). The molecule has 1 N–H and O–H groups in total. The molecule has 148 valence electrons. The molecule has 0 unspecified atom stereocenters. The van der Waals surface area contributed by atoms with Gasteiger partial charge in [-0.15, -0.1) is 0 Å². The van der Waals surface area contributed by atoms with Crippen molar-refractivity contribution in [1.82, 2.24) is 9.88 Å². The Hall–Kier alpha value is -2.11. The number of hydrogen-bond acceptors (Lipinski definition) is 3. The molecule has 1 amide bonds. The molecule has 27 heavy (non-hydrogen) atoms. The topological polar surface area (TPSA) is 60.3 Å². The summed E-state index contributed by atoms with van der Waals surface area (Å²) in [5.41, 5.74) is 2.31. The Kier molecular flexibility index (Phi) is 10.5. The van der Waals surface area contributed by atoms with Crippen LogP contribution in [-0.4, -0.2) is 23.7 Å². The van der Waals surface area contributed by atoms with Crippen LogP contribution in [0.4, 0.5) is 0 Å². The second-order valence-electron chi connectivity index (χ2n) is 6.11. The summed E-state index contributed by atoms with van der Waals surface area (Å²) in [7, 11) is 0. The Morgan fingerprint density at radius 3 is 2.52 bits per heavy atom. The second-order valence-corrected chi connectivity index (χ2v) is 6.54. The van der Waals surface area contributed by atoms with Crippen LogP contribution < -0.4 is 10.9 Å². The first-order valence-corrected chi connectivity index (χ1v) is 9.62. The van der Waals surface area contributed by atoms with E-state index < -0.39 is 0 Å². The van der Waals surface area contributed by atoms with Gasteiger partial charge in [0.1, 0.15) is 0 Å². The van der Waals surface area contributed by atoms with Gasteiger partial charge in [-0.3, -0.25) is 9.59 Å². The lowest BCUT2D eigenvalue weighted by Crippen LogP contribution is -2.27. The summed E-state index contributed by atoms with van der Waals surface area (Å²) in [6.07, 6.45) is 2.81. The van der Waals surface area contributed by atoms with E-state index in [1.807, 2.05) is 26.0 Å². The van der Waals surface area contributed by atoms with E-state index in [4.69, 9.17) is 16.3 Å². The maximum absolute atomic E-state index is 12.3. The Bertz CT molecular complexity index is 787. The van der Waals surface area contributed by atoms with Crippen molar-refractivity contribution in [3.05, 3.63) is 68.6 Å². The number of benzene rings is 1. The van der Waals surface area contributed by atoms with E-state index in [0.717, 1.165) is 11.1 Å². The van der Waals surface area contributed by atoms with Crippen LogP contribution in [-0.2, 0) is 17.8 Å². The van der Waals surface area contributed by atoms with Gasteiger partial charge in [-0.2, -0.15) is 0 Å². The molecule has 1 aromatic carbocycles. The number of aryl methyl sites for hydroxylation is 1. The molecule has 0 radical (unpaired) electrons. The van der Waals surface area contributed by atoms with Gasteiger partial charge >= 0.3 is 0 Å². The van der Waals surface area contributed by atoms with Gasteiger partial charge in [0.15, 0.2) is 0 Å². The van der Waals surface area contributed by atoms with E-state index in [-0.39, 0.29) is 11.5 Å². The summed E-state index contributed by atoms with van der Waals surface area (Å²) >= 11 is 5.93. The van der Waals surface area contributed by atoms with Crippen molar-refractivity contribution in [1.29, 1.82) is 0 Å². The van der Waals surface area contributed by atoms with Gasteiger partial charge in [0.2, 0.25) is 0 Å². The molecule has 0 spiro atoms. The fourth-order valence-corrected chi connectivity index (χ4v) is 2.51. The zero-order valence-electron chi connectivity index (χ0n) is 16.5. The highest BCUT2D eigenvalue weighted by molar-refractivity contribution is 6.30. The molecule has 0 bridgehead atoms. The van der Waals surface area contributed by atoms with Crippen LogP contribution in [0.25, 0.3) is 0 Å². The molecule has 6 heteroatoms. The first-order chi connectivity index (χ1) is 12.9. The maximum atomic E-state index is 12.3. The number of carbonyl (C=O) groups is 1. The quantitative estimate of drug-likeness (QED) is 0.718. The standard InChI is InChI=1S/C18H21ClN2O3.C3H8/c1-3-24-9-8-21-12-15(5-7-17(21)22)18(23)20-11-14-4-6-16(19)10-13(14)2;1-3-2/h4-7,10,12H,3,8-9,11H2,1-2H3,(H,20,23);3H2,1-2H3. The Morgan fingerprint density at radius 1 is 1.19 bits per heavy atom. The van der Waals surface area contributed by atoms with Gasteiger partial charge in [-0.25, -0.2) is 0 Å². The molecule has 2 aromatic rings. The summed E-state index contributed by atoms with van der Waals surface area (Å²) in [6.45, 7) is 9.94. The third-order valence-corrected chi connectivity index (χ3v) is 3.91. The normalized spacial score (nSPS) is 10.1. The summed E-state index contributed by atoms with van der Waals surface area (Å²) in [5, 5.41) is 3.53. The minimum atomic E-state index is -0.227. The smallest absolute Gasteiger partial charge is 0.253 e. The third-order valence-electron chi connectivity index (χ3n) is 3.67. The van der Waals surface area contributed by atoms with Crippen LogP contribution >= 0.6 is 11.6 Å². The number of nitrogens with zero attached hydrogens (tertiary/aromatic N) is 1. The number of ether oxygens (including phenoxy) is 1. The highest BCUT2D eigenvalue weighted by atomic mass is 35.5. The van der Waals surface area contributed by atoms with E-state index in [2.05, 4.69) is 19.2 Å². The van der Waals surface area contributed by atoms with E-state index in [1.165, 1.54) is 23.1 Å². The van der Waals surface area contributed by atoms with Crippen LogP contribution in [0.5, 0.6) is 0 Å². The highest BCUT2D eigenvalue weighted by Crippen LogP contribution is 2.15. The molecule has 5 nitrogen and oxygen atoms in total. The number of hydrogen-bond donors (Lipinski definition) is 1. The van der Waals surface area contributed by atoms with Crippen molar-refractivity contribution >= 4 is 17.5 Å². The van der Waals surface area contributed by atoms with Gasteiger partial charge in [-0.1, -0.05) is 37.9 Å². The lowest BCUT2D eigenvalue weighted by molar-refractivity contribution is 0.0949. The second kappa shape index (κ2) is 12.3. The van der Waals surface area contributed by atoms with Gasteiger partial charge in [0.25, 0.3) is 11.5 Å². The number of rotatable bonds is 7. The number of nitrogens with one attached hydrogen (secondary N) is 1. The molecule has 0 fully saturated rings. The predicted molar refractivity (Wildman–Crippen MR) is 111 cm³/mol. The van der Waals surface area contributed by atoms with Crippen molar-refractivity contribution in [3.63, 3.8) is 0 Å². The largest absolute Gasteiger partial charge is 0.380 e. The highest BCUT2D eigenvalue weighted by Gasteiger charge is 2.08. The predicted octanol–water partition coefficient (Wildman–Crippen LogP) is 4.19. The van der Waals surface area contributed by atoms with Crippen molar-refractivity contribution < 1.29 is 9.53 Å². The average Bonchev–Trinajstić information content (AvgIpc) is 2.63. The summed E-state index contributed by atoms with van der Waals surface area (Å²) in [5.74, 6) is -0.227. The molecule has 0 saturated carbocycles. The Labute approximate surface area is 166 Å². The van der Waals surface area contributed by atoms with E-state index in [1.54, 1.807) is 12.3 Å². The molecular weight excluding hydrogens is 364 g/mol. The van der Waals surface area contributed by atoms with Gasteiger partial charge in [-0.05, 0) is 43.2 Å². The molecule has 0 saturated heterocycles. The maximum Gasteiger partial charge on any atom is 0.253 e. The van der Waals surface area contributed by atoms with Crippen LogP contribution in [0, 0.1) is 6.92 Å². The fourth-order valence-electron chi connectivity index (χ4n) is 2.28. The van der Waals surface area contributed by atoms with Crippen molar-refractivity contribution in [3.8, 4) is 0 Å². The Balaban J connectivity index is 0.00000114. The molecule has 1 heterocycles. The number of aromatic nitrogens is 1. The minimum Gasteiger partial charge on any atom is -0.380 e. The van der Waals surface area contributed by atoms with Crippen molar-refractivity contribution in [2.75, 3.05) is 13.2 Å². The number of halogens is 1. The number of amides is 1. The van der Waals surface area contributed by atoms with Gasteiger partial charge < -0.3 is 14.6 Å². The average molecular weight is 393 g/mol. The van der Waals surface area contributed by atoms with Gasteiger partial charge in [0, 0.05) is 37.0 Å². The first kappa shape index (κ1) is 22.9. The van der Waals surface area contributed by atoms with Crippen LogP contribution in [0.1, 0.15) is 48.7 Å². The molecule has 0 aliphatic rings. The minimum absolute atomic E-state index is 0.153. The first-order valence-electron chi connectivity index (χ1n) is 9.24. The molecule has 1 aromatic heterocycles. The van der Waals surface area contributed by atoms with Crippen molar-refractivity contribution in [2.24, 2.45) is 0 Å². The monoisotopic (exact) mass is 392 g/mol. The van der Waals surface area contributed by atoms with Crippen molar-refractivity contribution in [2.45, 2.75) is 47.2 Å². The number of carbonyl (C=O) groups excluding carboxylic acids is 1. The zero-order chi connectivity index (χ0) is 20.2. The summed E-state index contributed by atoms with van der Waals surface area (Å²) in [6, 6.07) is 8.47.